The third-order valence-electron chi connectivity index (χ3n) is 1.68. The Morgan fingerprint density at radius 2 is 1.92 bits per heavy atom. The first-order chi connectivity index (χ1) is 5.36. The van der Waals surface area contributed by atoms with Gasteiger partial charge >= 0.3 is 6.03 Å². The number of carbonyl (C=O) groups excluding carboxylic acids is 3. The first kappa shape index (κ1) is 8.70. The highest BCUT2D eigenvalue weighted by molar-refractivity contribution is 6.17. The fourth-order valence-electron chi connectivity index (χ4n) is 1.03. The van der Waals surface area contributed by atoms with Gasteiger partial charge in [0.2, 0.25) is 5.91 Å². The number of urea groups is 1. The van der Waals surface area contributed by atoms with Crippen LogP contribution in [0.1, 0.15) is 20.8 Å². The molecule has 0 bridgehead atoms. The number of hydrogen-bond donors (Lipinski definition) is 1. The van der Waals surface area contributed by atoms with E-state index in [-0.39, 0.29) is 0 Å². The van der Waals surface area contributed by atoms with Crippen LogP contribution in [-0.2, 0) is 9.59 Å². The SMILES string of the molecule is CC(=O)N1C(=O)NC(C)(C)C1=O. The molecular weight excluding hydrogens is 160 g/mol. The van der Waals surface area contributed by atoms with E-state index in [4.69, 9.17) is 0 Å². The topological polar surface area (TPSA) is 66.5 Å². The number of hydrogen-bond acceptors (Lipinski definition) is 3. The summed E-state index contributed by atoms with van der Waals surface area (Å²) in [4.78, 5) is 33.7. The van der Waals surface area contributed by atoms with Gasteiger partial charge in [-0.15, -0.1) is 0 Å². The van der Waals surface area contributed by atoms with Crippen LogP contribution in [0, 0.1) is 0 Å². The van der Waals surface area contributed by atoms with Crippen molar-refractivity contribution in [3.8, 4) is 0 Å². The van der Waals surface area contributed by atoms with Crippen molar-refractivity contribution in [2.75, 3.05) is 0 Å². The average Bonchev–Trinajstić information content (AvgIpc) is 2.02. The molecule has 1 aliphatic rings. The molecular formula is C7H10N2O3. The molecule has 1 heterocycles. The quantitative estimate of drug-likeness (QED) is 0.515. The van der Waals surface area contributed by atoms with Gasteiger partial charge in [-0.3, -0.25) is 9.59 Å². The van der Waals surface area contributed by atoms with E-state index in [1.165, 1.54) is 6.92 Å². The minimum Gasteiger partial charge on any atom is -0.323 e. The van der Waals surface area contributed by atoms with Gasteiger partial charge in [0.25, 0.3) is 5.91 Å². The second kappa shape index (κ2) is 2.30. The van der Waals surface area contributed by atoms with Gasteiger partial charge in [0.15, 0.2) is 0 Å². The fraction of sp³-hybridized carbons (Fsp3) is 0.571. The predicted molar refractivity (Wildman–Crippen MR) is 40.1 cm³/mol. The maximum absolute atomic E-state index is 11.3. The molecule has 4 amide bonds. The summed E-state index contributed by atoms with van der Waals surface area (Å²) < 4.78 is 0. The van der Waals surface area contributed by atoms with E-state index in [0.29, 0.717) is 4.90 Å². The van der Waals surface area contributed by atoms with Crippen LogP contribution in [0.2, 0.25) is 0 Å². The minimum atomic E-state index is -0.956. The van der Waals surface area contributed by atoms with E-state index < -0.39 is 23.4 Å². The van der Waals surface area contributed by atoms with Crippen molar-refractivity contribution in [2.24, 2.45) is 0 Å². The highest BCUT2D eigenvalue weighted by Crippen LogP contribution is 2.16. The lowest BCUT2D eigenvalue weighted by Gasteiger charge is -2.13. The molecule has 5 nitrogen and oxygen atoms in total. The van der Waals surface area contributed by atoms with E-state index >= 15 is 0 Å². The van der Waals surface area contributed by atoms with Crippen LogP contribution >= 0.6 is 0 Å². The predicted octanol–water partition coefficient (Wildman–Crippen LogP) is -0.137. The minimum absolute atomic E-state index is 0.500. The second-order valence-electron chi connectivity index (χ2n) is 3.21. The van der Waals surface area contributed by atoms with E-state index in [9.17, 15) is 14.4 Å². The van der Waals surface area contributed by atoms with Gasteiger partial charge < -0.3 is 5.32 Å². The maximum atomic E-state index is 11.3. The van der Waals surface area contributed by atoms with Gasteiger partial charge in [0, 0.05) is 6.92 Å². The summed E-state index contributed by atoms with van der Waals surface area (Å²) in [5.74, 6) is -1.05. The molecule has 0 saturated carbocycles. The summed E-state index contributed by atoms with van der Waals surface area (Å²) in [6, 6.07) is -0.641. The lowest BCUT2D eigenvalue weighted by atomic mass is 10.1. The van der Waals surface area contributed by atoms with Crippen molar-refractivity contribution in [3.63, 3.8) is 0 Å². The molecule has 0 atom stereocenters. The molecule has 1 rings (SSSR count). The number of amides is 4. The van der Waals surface area contributed by atoms with Crippen molar-refractivity contribution in [1.82, 2.24) is 10.2 Å². The zero-order valence-corrected chi connectivity index (χ0v) is 7.17. The van der Waals surface area contributed by atoms with E-state index in [0.717, 1.165) is 0 Å². The van der Waals surface area contributed by atoms with Gasteiger partial charge in [-0.2, -0.15) is 4.90 Å². The van der Waals surface area contributed by atoms with Crippen LogP contribution in [0.4, 0.5) is 4.79 Å². The summed E-state index contributed by atoms with van der Waals surface area (Å²) in [6.07, 6.45) is 0. The summed E-state index contributed by atoms with van der Waals surface area (Å²) in [6.45, 7) is 4.28. The van der Waals surface area contributed by atoms with Crippen molar-refractivity contribution in [1.29, 1.82) is 0 Å². The number of nitrogens with zero attached hydrogens (tertiary/aromatic N) is 1. The van der Waals surface area contributed by atoms with Crippen LogP contribution < -0.4 is 5.32 Å². The molecule has 5 heteroatoms. The fourth-order valence-corrected chi connectivity index (χ4v) is 1.03. The third-order valence-corrected chi connectivity index (χ3v) is 1.68. The first-order valence-electron chi connectivity index (χ1n) is 3.53. The normalized spacial score (nSPS) is 21.1. The zero-order chi connectivity index (χ0) is 9.52. The molecule has 0 unspecified atom stereocenters. The molecule has 1 aliphatic heterocycles. The third kappa shape index (κ3) is 1.07. The molecule has 12 heavy (non-hydrogen) atoms. The molecule has 1 fully saturated rings. The van der Waals surface area contributed by atoms with Crippen LogP contribution in [-0.4, -0.2) is 28.3 Å². The molecule has 0 aromatic heterocycles. The van der Waals surface area contributed by atoms with Crippen LogP contribution in [0.15, 0.2) is 0 Å². The first-order valence-corrected chi connectivity index (χ1v) is 3.53. The highest BCUT2D eigenvalue weighted by Gasteiger charge is 2.46. The molecule has 1 saturated heterocycles. The zero-order valence-electron chi connectivity index (χ0n) is 7.17. The van der Waals surface area contributed by atoms with Gasteiger partial charge in [-0.1, -0.05) is 0 Å². The largest absolute Gasteiger partial charge is 0.331 e. The Labute approximate surface area is 69.7 Å². The van der Waals surface area contributed by atoms with Crippen molar-refractivity contribution >= 4 is 17.8 Å². The lowest BCUT2D eigenvalue weighted by Crippen LogP contribution is -2.41. The van der Waals surface area contributed by atoms with Crippen LogP contribution in [0.3, 0.4) is 0 Å². The Morgan fingerprint density at radius 3 is 2.08 bits per heavy atom. The van der Waals surface area contributed by atoms with Crippen LogP contribution in [0.25, 0.3) is 0 Å². The van der Waals surface area contributed by atoms with E-state index in [1.807, 2.05) is 0 Å². The average molecular weight is 170 g/mol. The Hall–Kier alpha value is -1.39. The van der Waals surface area contributed by atoms with Crippen molar-refractivity contribution in [2.45, 2.75) is 26.3 Å². The molecule has 1 N–H and O–H groups in total. The number of carbonyl (C=O) groups is 3. The Bertz CT molecular complexity index is 270. The number of imide groups is 3. The molecule has 0 aromatic rings. The Kier molecular flexibility index (Phi) is 1.67. The van der Waals surface area contributed by atoms with Crippen molar-refractivity contribution < 1.29 is 14.4 Å². The Morgan fingerprint density at radius 1 is 1.42 bits per heavy atom. The van der Waals surface area contributed by atoms with E-state index in [1.54, 1.807) is 13.8 Å². The molecule has 0 aromatic carbocycles. The second-order valence-corrected chi connectivity index (χ2v) is 3.21. The summed E-state index contributed by atoms with van der Waals surface area (Å²) in [7, 11) is 0. The lowest BCUT2D eigenvalue weighted by molar-refractivity contribution is -0.139. The van der Waals surface area contributed by atoms with E-state index in [2.05, 4.69) is 5.32 Å². The Balaban J connectivity index is 3.01. The van der Waals surface area contributed by atoms with Gasteiger partial charge in [0.05, 0.1) is 0 Å². The monoisotopic (exact) mass is 170 g/mol. The highest BCUT2D eigenvalue weighted by atomic mass is 16.2. The summed E-state index contributed by atoms with van der Waals surface area (Å²) in [5, 5.41) is 2.39. The summed E-state index contributed by atoms with van der Waals surface area (Å²) in [5.41, 5.74) is -0.956. The number of nitrogens with one attached hydrogen (secondary N) is 1. The van der Waals surface area contributed by atoms with Gasteiger partial charge in [-0.25, -0.2) is 4.79 Å². The molecule has 0 radical (unpaired) electrons. The number of rotatable bonds is 0. The summed E-state index contributed by atoms with van der Waals surface area (Å²) >= 11 is 0. The van der Waals surface area contributed by atoms with Crippen molar-refractivity contribution in [3.05, 3.63) is 0 Å². The molecule has 0 spiro atoms. The van der Waals surface area contributed by atoms with Gasteiger partial charge in [0.1, 0.15) is 5.54 Å². The van der Waals surface area contributed by atoms with Gasteiger partial charge in [-0.05, 0) is 13.8 Å². The smallest absolute Gasteiger partial charge is 0.323 e. The molecule has 66 valence electrons. The van der Waals surface area contributed by atoms with Crippen LogP contribution in [0.5, 0.6) is 0 Å². The maximum Gasteiger partial charge on any atom is 0.331 e. The molecule has 0 aliphatic carbocycles. The standard InChI is InChI=1S/C7H10N2O3/c1-4(10)9-5(11)7(2,3)8-6(9)12/h1-3H3,(H,8,12).